The van der Waals surface area contributed by atoms with Gasteiger partial charge >= 0.3 is 5.97 Å². The quantitative estimate of drug-likeness (QED) is 0.198. The van der Waals surface area contributed by atoms with E-state index in [2.05, 4.69) is 60.7 Å². The van der Waals surface area contributed by atoms with Crippen LogP contribution in [0.4, 0.5) is 0 Å². The lowest BCUT2D eigenvalue weighted by Gasteiger charge is -2.39. The first-order chi connectivity index (χ1) is 15.7. The molecule has 1 fully saturated rings. The van der Waals surface area contributed by atoms with Crippen molar-refractivity contribution in [2.45, 2.75) is 117 Å². The smallest absolute Gasteiger partial charge is 0.338 e. The Morgan fingerprint density at radius 2 is 1.74 bits per heavy atom. The molecule has 1 heterocycles. The highest BCUT2D eigenvalue weighted by molar-refractivity contribution is 6.74. The van der Waals surface area contributed by atoms with Crippen LogP contribution in [-0.2, 0) is 18.6 Å². The third-order valence-corrected chi connectivity index (χ3v) is 11.6. The van der Waals surface area contributed by atoms with Gasteiger partial charge in [0.05, 0.1) is 11.7 Å². The Labute approximate surface area is 208 Å². The van der Waals surface area contributed by atoms with Gasteiger partial charge in [-0.05, 0) is 69.5 Å². The van der Waals surface area contributed by atoms with Crippen molar-refractivity contribution >= 4 is 14.3 Å². The number of carbonyl (C=O) groups is 1. The summed E-state index contributed by atoms with van der Waals surface area (Å²) in [4.78, 5) is 12.9. The largest absolute Gasteiger partial charge is 0.452 e. The average Bonchev–Trinajstić information content (AvgIpc) is 3.04. The summed E-state index contributed by atoms with van der Waals surface area (Å²) in [7, 11) is -1.89. The first kappa shape index (κ1) is 28.8. The Balaban J connectivity index is 2.24. The van der Waals surface area contributed by atoms with Gasteiger partial charge in [-0.15, -0.1) is 0 Å². The molecule has 5 atom stereocenters. The maximum absolute atomic E-state index is 12.9. The molecule has 0 amide bonds. The van der Waals surface area contributed by atoms with Crippen molar-refractivity contribution in [1.82, 2.24) is 0 Å². The molecule has 1 aliphatic rings. The Morgan fingerprint density at radius 3 is 2.29 bits per heavy atom. The molecule has 0 aromatic heterocycles. The summed E-state index contributed by atoms with van der Waals surface area (Å²) >= 11 is 0. The van der Waals surface area contributed by atoms with E-state index in [4.69, 9.17) is 18.6 Å². The van der Waals surface area contributed by atoms with Crippen LogP contribution in [-0.4, -0.2) is 44.5 Å². The first-order valence-corrected chi connectivity index (χ1v) is 15.6. The zero-order valence-corrected chi connectivity index (χ0v) is 23.9. The molecule has 0 bridgehead atoms. The molecule has 1 aliphatic heterocycles. The summed E-state index contributed by atoms with van der Waals surface area (Å²) in [5, 5.41) is 0.145. The van der Waals surface area contributed by atoms with E-state index >= 15 is 0 Å². The van der Waals surface area contributed by atoms with Crippen LogP contribution < -0.4 is 0 Å². The minimum atomic E-state index is -1.89. The van der Waals surface area contributed by atoms with Crippen molar-refractivity contribution in [2.75, 3.05) is 0 Å². The van der Waals surface area contributed by atoms with E-state index < -0.39 is 20.2 Å². The summed E-state index contributed by atoms with van der Waals surface area (Å²) in [5.41, 5.74) is 0.522. The number of ether oxygens (including phenoxy) is 3. The van der Waals surface area contributed by atoms with Gasteiger partial charge in [-0.25, -0.2) is 4.79 Å². The molecule has 1 aromatic carbocycles. The van der Waals surface area contributed by atoms with Crippen LogP contribution in [0.1, 0.15) is 78.6 Å². The molecule has 0 aliphatic carbocycles. The number of carbonyl (C=O) groups excluding carboxylic acids is 1. The molecule has 0 spiro atoms. The van der Waals surface area contributed by atoms with Crippen LogP contribution in [0.5, 0.6) is 0 Å². The van der Waals surface area contributed by atoms with Gasteiger partial charge in [-0.2, -0.15) is 0 Å². The molecule has 2 unspecified atom stereocenters. The summed E-state index contributed by atoms with van der Waals surface area (Å²) < 4.78 is 25.0. The highest BCUT2D eigenvalue weighted by Crippen LogP contribution is 2.38. The van der Waals surface area contributed by atoms with Crippen molar-refractivity contribution in [3.63, 3.8) is 0 Å². The van der Waals surface area contributed by atoms with Crippen molar-refractivity contribution < 1.29 is 23.4 Å². The average molecular weight is 491 g/mol. The molecule has 0 N–H and O–H groups in total. The second-order valence-corrected chi connectivity index (χ2v) is 16.2. The van der Waals surface area contributed by atoms with Gasteiger partial charge in [0.1, 0.15) is 12.2 Å². The highest BCUT2D eigenvalue weighted by Gasteiger charge is 2.45. The van der Waals surface area contributed by atoms with Gasteiger partial charge in [-0.3, -0.25) is 0 Å². The van der Waals surface area contributed by atoms with Crippen molar-refractivity contribution in [3.05, 3.63) is 48.0 Å². The van der Waals surface area contributed by atoms with Crippen LogP contribution >= 0.6 is 0 Å². The molecule has 0 radical (unpaired) electrons. The lowest BCUT2D eigenvalue weighted by Crippen LogP contribution is -2.44. The van der Waals surface area contributed by atoms with Crippen molar-refractivity contribution in [2.24, 2.45) is 5.92 Å². The molecular formula is C28H46O5Si. The van der Waals surface area contributed by atoms with E-state index in [1.807, 2.05) is 38.1 Å². The van der Waals surface area contributed by atoms with E-state index in [9.17, 15) is 4.79 Å². The molecule has 34 heavy (non-hydrogen) atoms. The van der Waals surface area contributed by atoms with Crippen LogP contribution in [0.2, 0.25) is 18.1 Å². The number of benzene rings is 1. The third-order valence-electron chi connectivity index (χ3n) is 7.00. The predicted molar refractivity (Wildman–Crippen MR) is 140 cm³/mol. The summed E-state index contributed by atoms with van der Waals surface area (Å²) in [6.07, 6.45) is 4.82. The lowest BCUT2D eigenvalue weighted by atomic mass is 10.00. The van der Waals surface area contributed by atoms with Gasteiger partial charge in [-0.1, -0.05) is 65.3 Å². The van der Waals surface area contributed by atoms with E-state index in [1.165, 1.54) is 0 Å². The van der Waals surface area contributed by atoms with Crippen LogP contribution in [0.15, 0.2) is 42.5 Å². The van der Waals surface area contributed by atoms with E-state index in [-0.39, 0.29) is 35.2 Å². The summed E-state index contributed by atoms with van der Waals surface area (Å²) in [6.45, 7) is 21.5. The number of rotatable bonds is 10. The number of hydrogen-bond donors (Lipinski definition) is 0. The molecule has 0 saturated carbocycles. The Bertz CT molecular complexity index is 812. The minimum absolute atomic E-state index is 0.0474. The van der Waals surface area contributed by atoms with Gasteiger partial charge in [0, 0.05) is 6.10 Å². The zero-order chi connectivity index (χ0) is 25.7. The lowest BCUT2D eigenvalue weighted by molar-refractivity contribution is -0.153. The monoisotopic (exact) mass is 490 g/mol. The molecule has 192 valence electrons. The van der Waals surface area contributed by atoms with Crippen molar-refractivity contribution in [3.8, 4) is 0 Å². The standard InChI is InChI=1S/C28H46O5Si/c1-11-15-24-25(32-28(7,8)31-24)23(30-26(29)22-16-13-12-14-17-22)19-18-20(2)21(3)33-34(9,10)27(4,5)6/h12-14,16-21,23-25H,11,15H2,1-10H3/b19-18-/t20-,21+,23?,24+,25?/m1/s1. The third kappa shape index (κ3) is 7.77. The van der Waals surface area contributed by atoms with E-state index in [0.29, 0.717) is 5.56 Å². The zero-order valence-electron chi connectivity index (χ0n) is 22.9. The van der Waals surface area contributed by atoms with Crippen LogP contribution in [0.3, 0.4) is 0 Å². The SMILES string of the molecule is CCC[C@@H]1OC(C)(C)OC1C(/C=C\[C@@H](C)[C@H](C)O[Si](C)(C)C(C)(C)C)OC(=O)c1ccccc1. The second kappa shape index (κ2) is 11.5. The normalized spacial score (nSPS) is 23.6. The summed E-state index contributed by atoms with van der Waals surface area (Å²) in [6, 6.07) is 9.08. The fourth-order valence-electron chi connectivity index (χ4n) is 3.82. The van der Waals surface area contributed by atoms with E-state index in [1.54, 1.807) is 12.1 Å². The second-order valence-electron chi connectivity index (χ2n) is 11.5. The molecule has 5 nitrogen and oxygen atoms in total. The molecular weight excluding hydrogens is 444 g/mol. The Morgan fingerprint density at radius 1 is 1.12 bits per heavy atom. The van der Waals surface area contributed by atoms with Crippen LogP contribution in [0, 0.1) is 5.92 Å². The van der Waals surface area contributed by atoms with Gasteiger partial charge in [0.2, 0.25) is 0 Å². The summed E-state index contributed by atoms with van der Waals surface area (Å²) in [5.74, 6) is -0.941. The Kier molecular flexibility index (Phi) is 9.74. The highest BCUT2D eigenvalue weighted by atomic mass is 28.4. The van der Waals surface area contributed by atoms with Gasteiger partial charge in [0.15, 0.2) is 14.1 Å². The van der Waals surface area contributed by atoms with Crippen molar-refractivity contribution in [1.29, 1.82) is 0 Å². The topological polar surface area (TPSA) is 54.0 Å². The minimum Gasteiger partial charge on any atom is -0.452 e. The van der Waals surface area contributed by atoms with Gasteiger partial charge in [0.25, 0.3) is 0 Å². The van der Waals surface area contributed by atoms with E-state index in [0.717, 1.165) is 12.8 Å². The fourth-order valence-corrected chi connectivity index (χ4v) is 5.32. The number of esters is 1. The molecule has 2 rings (SSSR count). The molecule has 6 heteroatoms. The molecule has 1 saturated heterocycles. The van der Waals surface area contributed by atoms with Gasteiger partial charge < -0.3 is 18.6 Å². The molecule has 1 aromatic rings. The number of hydrogen-bond acceptors (Lipinski definition) is 5. The maximum Gasteiger partial charge on any atom is 0.338 e. The maximum atomic E-state index is 12.9. The Hall–Kier alpha value is -1.47. The predicted octanol–water partition coefficient (Wildman–Crippen LogP) is 7.13. The fraction of sp³-hybridized carbons (Fsp3) is 0.679. The first-order valence-electron chi connectivity index (χ1n) is 12.6. The van der Waals surface area contributed by atoms with Crippen LogP contribution in [0.25, 0.3) is 0 Å².